The van der Waals surface area contributed by atoms with Crippen molar-refractivity contribution in [3.63, 3.8) is 0 Å². The summed E-state index contributed by atoms with van der Waals surface area (Å²) in [6.07, 6.45) is 1.98. The lowest BCUT2D eigenvalue weighted by Gasteiger charge is -2.31. The molecule has 8 heteroatoms. The fourth-order valence-corrected chi connectivity index (χ4v) is 3.29. The highest BCUT2D eigenvalue weighted by Crippen LogP contribution is 2.17. The second-order valence-electron chi connectivity index (χ2n) is 6.25. The van der Waals surface area contributed by atoms with Crippen LogP contribution >= 0.6 is 0 Å². The summed E-state index contributed by atoms with van der Waals surface area (Å²) in [6, 6.07) is 9.67. The van der Waals surface area contributed by atoms with E-state index in [1.807, 2.05) is 42.2 Å². The van der Waals surface area contributed by atoms with E-state index in [0.29, 0.717) is 19.6 Å². The van der Waals surface area contributed by atoms with Gasteiger partial charge in [-0.3, -0.25) is 9.59 Å². The fourth-order valence-electron chi connectivity index (χ4n) is 2.90. The first kappa shape index (κ1) is 19.4. The van der Waals surface area contributed by atoms with Crippen LogP contribution in [0.2, 0.25) is 0 Å². The van der Waals surface area contributed by atoms with E-state index in [1.165, 1.54) is 0 Å². The van der Waals surface area contributed by atoms with Crippen LogP contribution in [0.25, 0.3) is 0 Å². The largest absolute Gasteiger partial charge is 0.339 e. The molecule has 1 aliphatic heterocycles. The van der Waals surface area contributed by atoms with Crippen LogP contribution in [0.4, 0.5) is 0 Å². The van der Waals surface area contributed by atoms with E-state index in [9.17, 15) is 18.0 Å². The van der Waals surface area contributed by atoms with Gasteiger partial charge in [-0.25, -0.2) is 13.1 Å². The van der Waals surface area contributed by atoms with Crippen molar-refractivity contribution < 1.29 is 18.0 Å². The second kappa shape index (κ2) is 8.44. The molecule has 0 aliphatic carbocycles. The summed E-state index contributed by atoms with van der Waals surface area (Å²) in [5.74, 6) is -0.291. The van der Waals surface area contributed by atoms with Crippen LogP contribution in [0, 0.1) is 0 Å². The molecule has 1 aliphatic rings. The van der Waals surface area contributed by atoms with Crippen LogP contribution in [-0.2, 0) is 26.2 Å². The van der Waals surface area contributed by atoms with E-state index >= 15 is 0 Å². The maximum absolute atomic E-state index is 12.5. The monoisotopic (exact) mass is 367 g/mol. The topological polar surface area (TPSA) is 86.8 Å². The van der Waals surface area contributed by atoms with Crippen molar-refractivity contribution in [1.29, 1.82) is 0 Å². The van der Waals surface area contributed by atoms with Gasteiger partial charge in [0.25, 0.3) is 0 Å². The van der Waals surface area contributed by atoms with E-state index in [2.05, 4.69) is 4.72 Å². The average molecular weight is 367 g/mol. The minimum atomic E-state index is -3.42. The summed E-state index contributed by atoms with van der Waals surface area (Å²) in [7, 11) is -3.42. The Bertz CT molecular complexity index is 706. The normalized spacial score (nSPS) is 19.0. The van der Waals surface area contributed by atoms with E-state index < -0.39 is 10.0 Å². The van der Waals surface area contributed by atoms with E-state index in [1.54, 1.807) is 4.90 Å². The van der Waals surface area contributed by atoms with Gasteiger partial charge in [-0.15, -0.1) is 0 Å². The minimum Gasteiger partial charge on any atom is -0.339 e. The highest BCUT2D eigenvalue weighted by molar-refractivity contribution is 7.88. The molecule has 138 valence electrons. The molecule has 1 fully saturated rings. The predicted octanol–water partition coefficient (Wildman–Crippen LogP) is 0.575. The van der Waals surface area contributed by atoms with Gasteiger partial charge in [0.15, 0.2) is 0 Å². The molecule has 1 saturated heterocycles. The van der Waals surface area contributed by atoms with Gasteiger partial charge in [0.2, 0.25) is 21.8 Å². The predicted molar refractivity (Wildman–Crippen MR) is 95.1 cm³/mol. The number of carbonyl (C=O) groups is 2. The summed E-state index contributed by atoms with van der Waals surface area (Å²) < 4.78 is 24.6. The van der Waals surface area contributed by atoms with Gasteiger partial charge < -0.3 is 9.80 Å². The Morgan fingerprint density at radius 2 is 1.96 bits per heavy atom. The Hall–Kier alpha value is -1.93. The average Bonchev–Trinajstić information content (AvgIpc) is 2.73. The molecule has 1 unspecified atom stereocenters. The van der Waals surface area contributed by atoms with Gasteiger partial charge in [-0.2, -0.15) is 0 Å². The molecule has 25 heavy (non-hydrogen) atoms. The lowest BCUT2D eigenvalue weighted by molar-refractivity contribution is -0.133. The molecule has 0 bridgehead atoms. The lowest BCUT2D eigenvalue weighted by Crippen LogP contribution is -2.46. The number of sulfonamides is 1. The SMILES string of the molecule is CCC1CN(C(=O)CNS(C)(=O)=O)CCC(=O)N1Cc1ccccc1. The maximum atomic E-state index is 12.5. The fraction of sp³-hybridized carbons (Fsp3) is 0.529. The third-order valence-electron chi connectivity index (χ3n) is 4.29. The van der Waals surface area contributed by atoms with Crippen LogP contribution in [0.1, 0.15) is 25.3 Å². The third-order valence-corrected chi connectivity index (χ3v) is 4.96. The van der Waals surface area contributed by atoms with Crippen LogP contribution in [-0.4, -0.2) is 62.0 Å². The van der Waals surface area contributed by atoms with Crippen LogP contribution < -0.4 is 4.72 Å². The Morgan fingerprint density at radius 1 is 1.28 bits per heavy atom. The zero-order valence-corrected chi connectivity index (χ0v) is 15.5. The molecule has 1 aromatic carbocycles. The Balaban J connectivity index is 2.08. The molecule has 1 heterocycles. The van der Waals surface area contributed by atoms with Gasteiger partial charge in [-0.1, -0.05) is 37.3 Å². The molecule has 0 spiro atoms. The minimum absolute atomic E-state index is 0.0158. The van der Waals surface area contributed by atoms with Gasteiger partial charge in [0.1, 0.15) is 0 Å². The summed E-state index contributed by atoms with van der Waals surface area (Å²) in [4.78, 5) is 28.3. The van der Waals surface area contributed by atoms with Crippen molar-refractivity contribution in [1.82, 2.24) is 14.5 Å². The molecule has 1 N–H and O–H groups in total. The first-order valence-electron chi connectivity index (χ1n) is 8.36. The van der Waals surface area contributed by atoms with Crippen LogP contribution in [0.15, 0.2) is 30.3 Å². The molecule has 1 atom stereocenters. The molecule has 2 rings (SSSR count). The second-order valence-corrected chi connectivity index (χ2v) is 8.09. The van der Waals surface area contributed by atoms with Crippen molar-refractivity contribution in [2.24, 2.45) is 0 Å². The number of nitrogens with one attached hydrogen (secondary N) is 1. The zero-order chi connectivity index (χ0) is 18.4. The van der Waals surface area contributed by atoms with E-state index in [0.717, 1.165) is 18.2 Å². The third kappa shape index (κ3) is 5.82. The molecule has 1 aromatic rings. The first-order chi connectivity index (χ1) is 11.8. The van der Waals surface area contributed by atoms with Crippen LogP contribution in [0.3, 0.4) is 0 Å². The summed E-state index contributed by atoms with van der Waals surface area (Å²) in [6.45, 7) is 2.95. The molecular formula is C17H25N3O4S. The van der Waals surface area contributed by atoms with Crippen molar-refractivity contribution in [3.8, 4) is 0 Å². The number of carbonyl (C=O) groups excluding carboxylic acids is 2. The van der Waals surface area contributed by atoms with Gasteiger partial charge in [0.05, 0.1) is 12.8 Å². The molecule has 2 amide bonds. The standard InChI is InChI=1S/C17H25N3O4S/c1-3-15-13-19(17(22)11-18-25(2,23)24)10-9-16(21)20(15)12-14-7-5-4-6-8-14/h4-8,15,18H,3,9-13H2,1-2H3. The van der Waals surface area contributed by atoms with Gasteiger partial charge in [0, 0.05) is 32.1 Å². The summed E-state index contributed by atoms with van der Waals surface area (Å²) >= 11 is 0. The number of nitrogens with zero attached hydrogens (tertiary/aromatic N) is 2. The number of hydrogen-bond acceptors (Lipinski definition) is 4. The quantitative estimate of drug-likeness (QED) is 0.797. The number of benzene rings is 1. The number of rotatable bonds is 6. The highest BCUT2D eigenvalue weighted by Gasteiger charge is 2.30. The lowest BCUT2D eigenvalue weighted by atomic mass is 10.1. The Kier molecular flexibility index (Phi) is 6.55. The van der Waals surface area contributed by atoms with Crippen molar-refractivity contribution in [3.05, 3.63) is 35.9 Å². The Morgan fingerprint density at radius 3 is 2.56 bits per heavy atom. The van der Waals surface area contributed by atoms with E-state index in [4.69, 9.17) is 0 Å². The molecule has 0 aromatic heterocycles. The molecule has 0 radical (unpaired) electrons. The first-order valence-corrected chi connectivity index (χ1v) is 10.2. The van der Waals surface area contributed by atoms with Crippen LogP contribution in [0.5, 0.6) is 0 Å². The number of amides is 2. The Labute approximate surface area is 149 Å². The van der Waals surface area contributed by atoms with Crippen molar-refractivity contribution >= 4 is 21.8 Å². The van der Waals surface area contributed by atoms with E-state index in [-0.39, 0.29) is 30.8 Å². The van der Waals surface area contributed by atoms with Crippen molar-refractivity contribution in [2.75, 3.05) is 25.9 Å². The molecular weight excluding hydrogens is 342 g/mol. The smallest absolute Gasteiger partial charge is 0.237 e. The van der Waals surface area contributed by atoms with Crippen molar-refractivity contribution in [2.45, 2.75) is 32.4 Å². The zero-order valence-electron chi connectivity index (χ0n) is 14.6. The molecule has 0 saturated carbocycles. The number of hydrogen-bond donors (Lipinski definition) is 1. The van der Waals surface area contributed by atoms with Gasteiger partial charge in [-0.05, 0) is 12.0 Å². The highest BCUT2D eigenvalue weighted by atomic mass is 32.2. The summed E-state index contributed by atoms with van der Waals surface area (Å²) in [5, 5.41) is 0. The van der Waals surface area contributed by atoms with Gasteiger partial charge >= 0.3 is 0 Å². The molecule has 7 nitrogen and oxygen atoms in total. The summed E-state index contributed by atoms with van der Waals surface area (Å²) in [5.41, 5.74) is 1.05. The maximum Gasteiger partial charge on any atom is 0.237 e.